The minimum Gasteiger partial charge on any atom is -0.367 e. The van der Waals surface area contributed by atoms with Crippen molar-refractivity contribution in [1.82, 2.24) is 10.3 Å². The van der Waals surface area contributed by atoms with Crippen LogP contribution in [0.2, 0.25) is 0 Å². The van der Waals surface area contributed by atoms with E-state index in [1.165, 1.54) is 0 Å². The minimum atomic E-state index is -2.92. The van der Waals surface area contributed by atoms with E-state index in [0.29, 0.717) is 18.7 Å². The van der Waals surface area contributed by atoms with Crippen LogP contribution in [0.1, 0.15) is 37.7 Å². The molecule has 0 bridgehead atoms. The topological polar surface area (TPSA) is 79.4 Å². The van der Waals surface area contributed by atoms with Gasteiger partial charge in [0, 0.05) is 18.6 Å². The number of anilines is 1. The fraction of sp³-hybridized carbons (Fsp3) is 0.600. The molecule has 1 aliphatic rings. The molecule has 6 nitrogen and oxygen atoms in total. The van der Waals surface area contributed by atoms with Gasteiger partial charge >= 0.3 is 0 Å². The van der Waals surface area contributed by atoms with Crippen molar-refractivity contribution in [3.8, 4) is 0 Å². The van der Waals surface area contributed by atoms with Gasteiger partial charge in [-0.05, 0) is 39.3 Å². The monoisotopic (exact) mass is 325 g/mol. The summed E-state index contributed by atoms with van der Waals surface area (Å²) in [5, 5.41) is 2.79. The van der Waals surface area contributed by atoms with E-state index in [4.69, 9.17) is 0 Å². The first-order valence-electron chi connectivity index (χ1n) is 7.56. The summed E-state index contributed by atoms with van der Waals surface area (Å²) in [5.74, 6) is 0.237. The molecule has 0 saturated carbocycles. The van der Waals surface area contributed by atoms with Gasteiger partial charge in [-0.15, -0.1) is 0 Å². The van der Waals surface area contributed by atoms with E-state index < -0.39 is 9.84 Å². The molecule has 2 rings (SSSR count). The molecule has 1 amide bonds. The lowest BCUT2D eigenvalue weighted by molar-refractivity contribution is 0.0938. The second-order valence-corrected chi connectivity index (χ2v) is 8.10. The molecule has 1 saturated heterocycles. The zero-order chi connectivity index (χ0) is 16.3. The Morgan fingerprint density at radius 3 is 2.64 bits per heavy atom. The van der Waals surface area contributed by atoms with Gasteiger partial charge in [-0.2, -0.15) is 0 Å². The normalized spacial score (nSPS) is 20.1. The number of nitrogens with zero attached hydrogens (tertiary/aromatic N) is 2. The van der Waals surface area contributed by atoms with Gasteiger partial charge in [0.05, 0.1) is 23.4 Å². The SMILES string of the molecule is CCN(c1ccc(C(=O)NC(C)C)nc1)C1CCS(=O)(=O)C1. The zero-order valence-electron chi connectivity index (χ0n) is 13.2. The summed E-state index contributed by atoms with van der Waals surface area (Å²) in [6.45, 7) is 6.49. The maximum Gasteiger partial charge on any atom is 0.270 e. The van der Waals surface area contributed by atoms with Crippen LogP contribution in [-0.2, 0) is 9.84 Å². The summed E-state index contributed by atoms with van der Waals surface area (Å²) in [7, 11) is -2.92. The summed E-state index contributed by atoms with van der Waals surface area (Å²) in [5.41, 5.74) is 1.22. The molecule has 7 heteroatoms. The number of pyridine rings is 1. The molecule has 0 aromatic carbocycles. The fourth-order valence-corrected chi connectivity index (χ4v) is 4.43. The number of sulfone groups is 1. The first-order chi connectivity index (χ1) is 10.3. The van der Waals surface area contributed by atoms with Crippen molar-refractivity contribution in [2.75, 3.05) is 23.0 Å². The molecule has 1 aromatic rings. The number of carbonyl (C=O) groups excluding carboxylic acids is 1. The summed E-state index contributed by atoms with van der Waals surface area (Å²) in [6.07, 6.45) is 2.29. The molecule has 1 atom stereocenters. The second-order valence-electron chi connectivity index (χ2n) is 5.87. The van der Waals surface area contributed by atoms with Crippen molar-refractivity contribution in [2.24, 2.45) is 0 Å². The van der Waals surface area contributed by atoms with Crippen LogP contribution in [0.4, 0.5) is 5.69 Å². The molecule has 0 radical (unpaired) electrons. The van der Waals surface area contributed by atoms with Gasteiger partial charge in [0.15, 0.2) is 9.84 Å². The average molecular weight is 325 g/mol. The minimum absolute atomic E-state index is 0.00728. The lowest BCUT2D eigenvalue weighted by Gasteiger charge is -2.28. The van der Waals surface area contributed by atoms with E-state index in [1.807, 2.05) is 31.7 Å². The summed E-state index contributed by atoms with van der Waals surface area (Å²) in [4.78, 5) is 18.1. The number of amides is 1. The first kappa shape index (κ1) is 16.7. The van der Waals surface area contributed by atoms with Gasteiger partial charge in [-0.1, -0.05) is 0 Å². The van der Waals surface area contributed by atoms with Crippen molar-refractivity contribution < 1.29 is 13.2 Å². The highest BCUT2D eigenvalue weighted by molar-refractivity contribution is 7.91. The highest BCUT2D eigenvalue weighted by atomic mass is 32.2. The van der Waals surface area contributed by atoms with Crippen molar-refractivity contribution in [1.29, 1.82) is 0 Å². The zero-order valence-corrected chi connectivity index (χ0v) is 14.1. The van der Waals surface area contributed by atoms with E-state index in [0.717, 1.165) is 5.69 Å². The average Bonchev–Trinajstić information content (AvgIpc) is 2.80. The Kier molecular flexibility index (Phi) is 5.05. The molecule has 122 valence electrons. The highest BCUT2D eigenvalue weighted by Gasteiger charge is 2.31. The Bertz CT molecular complexity index is 626. The molecule has 1 unspecified atom stereocenters. The predicted octanol–water partition coefficient (Wildman–Crippen LogP) is 1.23. The van der Waals surface area contributed by atoms with Gasteiger partial charge in [-0.25, -0.2) is 13.4 Å². The first-order valence-corrected chi connectivity index (χ1v) is 9.38. The number of carbonyl (C=O) groups is 1. The van der Waals surface area contributed by atoms with Gasteiger partial charge < -0.3 is 10.2 Å². The van der Waals surface area contributed by atoms with Crippen LogP contribution in [0.25, 0.3) is 0 Å². The summed E-state index contributed by atoms with van der Waals surface area (Å²) in [6, 6.07) is 3.56. The van der Waals surface area contributed by atoms with E-state index in [9.17, 15) is 13.2 Å². The third-order valence-corrected chi connectivity index (χ3v) is 5.47. The number of aromatic nitrogens is 1. The Morgan fingerprint density at radius 1 is 1.45 bits per heavy atom. The van der Waals surface area contributed by atoms with Gasteiger partial charge in [0.2, 0.25) is 0 Å². The van der Waals surface area contributed by atoms with Crippen LogP contribution >= 0.6 is 0 Å². The smallest absolute Gasteiger partial charge is 0.270 e. The fourth-order valence-electron chi connectivity index (χ4n) is 2.70. The van der Waals surface area contributed by atoms with E-state index >= 15 is 0 Å². The van der Waals surface area contributed by atoms with Crippen LogP contribution in [0.5, 0.6) is 0 Å². The standard InChI is InChI=1S/C15H23N3O3S/c1-4-18(13-7-8-22(20,21)10-13)12-5-6-14(16-9-12)15(19)17-11(2)3/h5-6,9,11,13H,4,7-8,10H2,1-3H3,(H,17,19). The van der Waals surface area contributed by atoms with Crippen molar-refractivity contribution in [3.05, 3.63) is 24.0 Å². The van der Waals surface area contributed by atoms with Crippen LogP contribution in [0.15, 0.2) is 18.3 Å². The van der Waals surface area contributed by atoms with Gasteiger partial charge in [0.25, 0.3) is 5.91 Å². The largest absolute Gasteiger partial charge is 0.367 e. The Morgan fingerprint density at radius 2 is 2.18 bits per heavy atom. The molecule has 0 spiro atoms. The highest BCUT2D eigenvalue weighted by Crippen LogP contribution is 2.23. The number of nitrogens with one attached hydrogen (secondary N) is 1. The maximum atomic E-state index is 11.9. The predicted molar refractivity (Wildman–Crippen MR) is 86.9 cm³/mol. The Balaban J connectivity index is 2.13. The third kappa shape index (κ3) is 3.97. The second kappa shape index (κ2) is 6.64. The molecule has 22 heavy (non-hydrogen) atoms. The van der Waals surface area contributed by atoms with Crippen LogP contribution < -0.4 is 10.2 Å². The maximum absolute atomic E-state index is 11.9. The van der Waals surface area contributed by atoms with Crippen LogP contribution in [0, 0.1) is 0 Å². The van der Waals surface area contributed by atoms with E-state index in [-0.39, 0.29) is 29.5 Å². The lowest BCUT2D eigenvalue weighted by Crippen LogP contribution is -2.36. The van der Waals surface area contributed by atoms with Crippen LogP contribution in [-0.4, -0.2) is 49.4 Å². The molecule has 1 fully saturated rings. The molecular formula is C15H23N3O3S. The summed E-state index contributed by atoms with van der Waals surface area (Å²) < 4.78 is 23.3. The van der Waals surface area contributed by atoms with Crippen molar-refractivity contribution in [2.45, 2.75) is 39.3 Å². The molecule has 2 heterocycles. The quantitative estimate of drug-likeness (QED) is 0.881. The van der Waals surface area contributed by atoms with Crippen molar-refractivity contribution in [3.63, 3.8) is 0 Å². The Hall–Kier alpha value is -1.63. The molecular weight excluding hydrogens is 302 g/mol. The van der Waals surface area contributed by atoms with Crippen LogP contribution in [0.3, 0.4) is 0 Å². The number of hydrogen-bond donors (Lipinski definition) is 1. The lowest BCUT2D eigenvalue weighted by atomic mass is 10.2. The van der Waals surface area contributed by atoms with E-state index in [1.54, 1.807) is 12.3 Å². The number of rotatable bonds is 5. The molecule has 0 aliphatic carbocycles. The number of hydrogen-bond acceptors (Lipinski definition) is 5. The third-order valence-electron chi connectivity index (χ3n) is 3.72. The molecule has 1 aromatic heterocycles. The summed E-state index contributed by atoms with van der Waals surface area (Å²) >= 11 is 0. The van der Waals surface area contributed by atoms with Gasteiger partial charge in [0.1, 0.15) is 5.69 Å². The van der Waals surface area contributed by atoms with Gasteiger partial charge in [-0.3, -0.25) is 4.79 Å². The molecule has 1 aliphatic heterocycles. The molecule has 1 N–H and O–H groups in total. The Labute approximate surface area is 131 Å². The van der Waals surface area contributed by atoms with E-state index in [2.05, 4.69) is 10.3 Å². The van der Waals surface area contributed by atoms with Crippen molar-refractivity contribution >= 4 is 21.4 Å².